The molecule has 6 nitrogen and oxygen atoms in total. The molecule has 0 unspecified atom stereocenters. The zero-order valence-electron chi connectivity index (χ0n) is 11.1. The zero-order valence-corrected chi connectivity index (χ0v) is 12.8. The average Bonchev–Trinajstić information content (AvgIpc) is 2.47. The van der Waals surface area contributed by atoms with Crippen LogP contribution < -0.4 is 8.92 Å². The maximum absolute atomic E-state index is 14.1. The van der Waals surface area contributed by atoms with Crippen LogP contribution in [0, 0.1) is 23.3 Å². The molecule has 118 valence electrons. The Hall–Kier alpha value is -2.70. The van der Waals surface area contributed by atoms with Crippen molar-refractivity contribution in [3.8, 4) is 0 Å². The molecular formula is C12H6F4N6Se. The maximum atomic E-state index is 14.1. The molecule has 2 rings (SSSR count). The SMILES string of the molecule is [N-]=[N+]=N[Se](N=[N+]=[N-])(c1c(F)cccc1F)c1c(F)cccc1F. The number of benzene rings is 2. The first kappa shape index (κ1) is 16.7. The Balaban J connectivity index is 3.04. The summed E-state index contributed by atoms with van der Waals surface area (Å²) >= 11 is -5.04. The summed E-state index contributed by atoms with van der Waals surface area (Å²) in [6.07, 6.45) is 0. The van der Waals surface area contributed by atoms with Gasteiger partial charge in [0, 0.05) is 0 Å². The van der Waals surface area contributed by atoms with E-state index in [2.05, 4.69) is 18.1 Å². The number of halogens is 4. The second-order valence-electron chi connectivity index (χ2n) is 3.99. The van der Waals surface area contributed by atoms with Gasteiger partial charge < -0.3 is 0 Å². The summed E-state index contributed by atoms with van der Waals surface area (Å²) in [5.41, 5.74) is 17.5. The van der Waals surface area contributed by atoms with Crippen LogP contribution in [0.5, 0.6) is 0 Å². The van der Waals surface area contributed by atoms with Gasteiger partial charge in [0.2, 0.25) is 0 Å². The molecule has 0 saturated heterocycles. The Kier molecular flexibility index (Phi) is 4.78. The minimum absolute atomic E-state index is 0.809. The van der Waals surface area contributed by atoms with E-state index in [-0.39, 0.29) is 0 Å². The Morgan fingerprint density at radius 3 is 1.26 bits per heavy atom. The minimum atomic E-state index is -5.04. The number of nitrogens with zero attached hydrogens (tertiary/aromatic N) is 6. The van der Waals surface area contributed by atoms with Crippen molar-refractivity contribution in [2.45, 2.75) is 0 Å². The normalized spacial score (nSPS) is 11.3. The molecule has 0 N–H and O–H groups in total. The van der Waals surface area contributed by atoms with Gasteiger partial charge in [0.25, 0.3) is 0 Å². The Labute approximate surface area is 129 Å². The number of azide groups is 1. The fraction of sp³-hybridized carbons (Fsp3) is 0. The molecule has 0 aromatic heterocycles. The van der Waals surface area contributed by atoms with Crippen molar-refractivity contribution in [3.63, 3.8) is 0 Å². The van der Waals surface area contributed by atoms with E-state index in [1.807, 2.05) is 0 Å². The second kappa shape index (κ2) is 6.60. The molecule has 11 heteroatoms. The fourth-order valence-corrected chi connectivity index (χ4v) is 6.37. The van der Waals surface area contributed by atoms with E-state index in [1.54, 1.807) is 0 Å². The third-order valence-corrected chi connectivity index (χ3v) is 8.04. The van der Waals surface area contributed by atoms with Gasteiger partial charge >= 0.3 is 129 Å². The Morgan fingerprint density at radius 2 is 1.00 bits per heavy atom. The summed E-state index contributed by atoms with van der Waals surface area (Å²) in [7, 11) is 0. The first-order valence-corrected chi connectivity index (χ1v) is 9.06. The van der Waals surface area contributed by atoms with E-state index < -0.39 is 45.5 Å². The third kappa shape index (κ3) is 2.81. The quantitative estimate of drug-likeness (QED) is 0.252. The first-order valence-electron chi connectivity index (χ1n) is 5.82. The van der Waals surface area contributed by atoms with Gasteiger partial charge in [-0.05, 0) is 0 Å². The van der Waals surface area contributed by atoms with Crippen molar-refractivity contribution < 1.29 is 17.6 Å². The Bertz CT molecular complexity index is 749. The van der Waals surface area contributed by atoms with Gasteiger partial charge in [0.15, 0.2) is 0 Å². The molecule has 2 aromatic carbocycles. The summed E-state index contributed by atoms with van der Waals surface area (Å²) in [6.45, 7) is 0. The van der Waals surface area contributed by atoms with E-state index >= 15 is 0 Å². The molecule has 23 heavy (non-hydrogen) atoms. The topological polar surface area (TPSA) is 97.5 Å². The molecule has 0 atom stereocenters. The summed E-state index contributed by atoms with van der Waals surface area (Å²) in [5.74, 6) is -4.92. The van der Waals surface area contributed by atoms with Crippen molar-refractivity contribution in [3.05, 3.63) is 80.6 Å². The summed E-state index contributed by atoms with van der Waals surface area (Å²) < 4.78 is 61.0. The van der Waals surface area contributed by atoms with Gasteiger partial charge in [0.05, 0.1) is 0 Å². The molecule has 0 aliphatic carbocycles. The molecule has 0 heterocycles. The van der Waals surface area contributed by atoms with Crippen LogP contribution >= 0.6 is 0 Å². The number of hydrogen-bond donors (Lipinski definition) is 0. The predicted molar refractivity (Wildman–Crippen MR) is 76.0 cm³/mol. The van der Waals surface area contributed by atoms with Crippen LogP contribution in [0.1, 0.15) is 0 Å². The summed E-state index contributed by atoms with van der Waals surface area (Å²) in [6, 6.07) is 5.26. The monoisotopic (exact) mass is 390 g/mol. The molecular weight excluding hydrogens is 383 g/mol. The van der Waals surface area contributed by atoms with Crippen LogP contribution in [-0.2, 0) is 0 Å². The molecule has 0 bridgehead atoms. The Morgan fingerprint density at radius 1 is 0.696 bits per heavy atom. The molecule has 0 aliphatic rings. The van der Waals surface area contributed by atoms with Crippen LogP contribution in [-0.4, -0.2) is 13.3 Å². The molecule has 0 amide bonds. The molecule has 0 spiro atoms. The van der Waals surface area contributed by atoms with Crippen molar-refractivity contribution in [1.29, 1.82) is 0 Å². The van der Waals surface area contributed by atoms with Crippen molar-refractivity contribution in [1.82, 2.24) is 0 Å². The fourth-order valence-electron chi connectivity index (χ4n) is 1.90. The molecule has 2 aromatic rings. The second-order valence-corrected chi connectivity index (χ2v) is 8.69. The van der Waals surface area contributed by atoms with E-state index in [4.69, 9.17) is 11.1 Å². The van der Waals surface area contributed by atoms with Gasteiger partial charge in [-0.2, -0.15) is 0 Å². The van der Waals surface area contributed by atoms with Crippen LogP contribution in [0.4, 0.5) is 17.6 Å². The third-order valence-electron chi connectivity index (χ3n) is 2.72. The molecule has 0 fully saturated rings. The van der Waals surface area contributed by atoms with Gasteiger partial charge in [-0.15, -0.1) is 0 Å². The summed E-state index contributed by atoms with van der Waals surface area (Å²) in [5, 5.41) is 0. The van der Waals surface area contributed by atoms with Gasteiger partial charge in [-0.3, -0.25) is 0 Å². The van der Waals surface area contributed by atoms with Crippen LogP contribution in [0.15, 0.2) is 44.7 Å². The van der Waals surface area contributed by atoms with Crippen LogP contribution in [0.25, 0.3) is 20.9 Å². The van der Waals surface area contributed by atoms with Crippen molar-refractivity contribution >= 4 is 22.2 Å². The number of hydrogen-bond acceptors (Lipinski definition) is 2. The zero-order chi connectivity index (χ0) is 17.0. The van der Waals surface area contributed by atoms with Crippen LogP contribution in [0.3, 0.4) is 0 Å². The van der Waals surface area contributed by atoms with E-state index in [0.717, 1.165) is 36.4 Å². The van der Waals surface area contributed by atoms with Gasteiger partial charge in [-0.25, -0.2) is 0 Å². The van der Waals surface area contributed by atoms with Crippen molar-refractivity contribution in [2.75, 3.05) is 0 Å². The predicted octanol–water partition coefficient (Wildman–Crippen LogP) is 3.42. The van der Waals surface area contributed by atoms with E-state index in [0.29, 0.717) is 0 Å². The van der Waals surface area contributed by atoms with Gasteiger partial charge in [0.1, 0.15) is 0 Å². The first-order chi connectivity index (χ1) is 11.0. The summed E-state index contributed by atoms with van der Waals surface area (Å²) in [4.78, 5) is 4.81. The molecule has 0 radical (unpaired) electrons. The number of rotatable bonds is 4. The average molecular weight is 389 g/mol. The van der Waals surface area contributed by atoms with E-state index in [1.165, 1.54) is 0 Å². The van der Waals surface area contributed by atoms with Gasteiger partial charge in [-0.1, -0.05) is 0 Å². The van der Waals surface area contributed by atoms with Crippen molar-refractivity contribution in [2.24, 2.45) is 8.26 Å². The molecule has 0 saturated carbocycles. The van der Waals surface area contributed by atoms with E-state index in [9.17, 15) is 17.6 Å². The standard InChI is InChI=1S/C12H6F4N6Se/c13-7-3-1-4-8(14)11(7)23(21-19-17,22-20-18)12-9(15)5-2-6-10(12)16/h1-6H. The molecule has 0 aliphatic heterocycles. The van der Waals surface area contributed by atoms with Crippen LogP contribution in [0.2, 0.25) is 0 Å².